The van der Waals surface area contributed by atoms with Crippen molar-refractivity contribution in [1.29, 1.82) is 0 Å². The summed E-state index contributed by atoms with van der Waals surface area (Å²) in [5.74, 6) is -3.39. The molecule has 1 fully saturated rings. The first-order chi connectivity index (χ1) is 10.2. The molecule has 0 spiro atoms. The predicted molar refractivity (Wildman–Crippen MR) is 74.8 cm³/mol. The molecular formula is C13H21N3O6. The highest BCUT2D eigenvalue weighted by Crippen LogP contribution is 2.19. The van der Waals surface area contributed by atoms with E-state index in [2.05, 4.69) is 5.32 Å². The van der Waals surface area contributed by atoms with Crippen molar-refractivity contribution >= 4 is 23.8 Å². The maximum Gasteiger partial charge on any atom is 0.326 e. The third-order valence-electron chi connectivity index (χ3n) is 3.50. The van der Waals surface area contributed by atoms with Crippen molar-refractivity contribution in [3.05, 3.63) is 0 Å². The summed E-state index contributed by atoms with van der Waals surface area (Å²) in [5.41, 5.74) is 5.42. The summed E-state index contributed by atoms with van der Waals surface area (Å²) in [6.07, 6.45) is 0.459. The predicted octanol–water partition coefficient (Wildman–Crippen LogP) is -1.24. The third kappa shape index (κ3) is 4.69. The standard InChI is InChI=1S/C13H21N3O6/c1-7(14)11(19)15-8(4-5-10(17)18)12(20)16-6-2-3-9(16)13(21)22/h7-9H,2-6,14H2,1H3,(H,15,19)(H,17,18)(H,21,22)/t7-,8-,9-/m0/s1. The van der Waals surface area contributed by atoms with E-state index in [9.17, 15) is 19.2 Å². The minimum Gasteiger partial charge on any atom is -0.481 e. The number of likely N-dealkylation sites (tertiary alicyclic amines) is 1. The Bertz CT molecular complexity index is 465. The number of hydrogen-bond donors (Lipinski definition) is 4. The molecule has 1 aliphatic rings. The van der Waals surface area contributed by atoms with E-state index in [1.54, 1.807) is 0 Å². The molecule has 0 bridgehead atoms. The minimum atomic E-state index is -1.11. The van der Waals surface area contributed by atoms with Crippen molar-refractivity contribution in [2.24, 2.45) is 5.73 Å². The van der Waals surface area contributed by atoms with Gasteiger partial charge in [-0.25, -0.2) is 4.79 Å². The number of carbonyl (C=O) groups excluding carboxylic acids is 2. The van der Waals surface area contributed by atoms with Gasteiger partial charge in [-0.1, -0.05) is 0 Å². The Labute approximate surface area is 127 Å². The maximum atomic E-state index is 12.4. The van der Waals surface area contributed by atoms with E-state index in [1.165, 1.54) is 11.8 Å². The van der Waals surface area contributed by atoms with E-state index in [0.717, 1.165) is 0 Å². The van der Waals surface area contributed by atoms with Gasteiger partial charge in [-0.15, -0.1) is 0 Å². The fourth-order valence-corrected chi connectivity index (χ4v) is 2.32. The molecule has 0 aromatic carbocycles. The summed E-state index contributed by atoms with van der Waals surface area (Å²) >= 11 is 0. The van der Waals surface area contributed by atoms with Crippen LogP contribution in [0.5, 0.6) is 0 Å². The summed E-state index contributed by atoms with van der Waals surface area (Å²) in [4.78, 5) is 47.1. The SMILES string of the molecule is C[C@H](N)C(=O)N[C@@H](CCC(=O)O)C(=O)N1CCC[C@H]1C(=O)O. The lowest BCUT2D eigenvalue weighted by Gasteiger charge is -2.27. The van der Waals surface area contributed by atoms with Crippen molar-refractivity contribution in [1.82, 2.24) is 10.2 Å². The number of nitrogens with zero attached hydrogens (tertiary/aromatic N) is 1. The molecule has 0 aromatic heterocycles. The van der Waals surface area contributed by atoms with Crippen LogP contribution in [0.1, 0.15) is 32.6 Å². The van der Waals surface area contributed by atoms with Gasteiger partial charge in [0.05, 0.1) is 6.04 Å². The molecule has 22 heavy (non-hydrogen) atoms. The molecule has 2 amide bonds. The Morgan fingerprint density at radius 1 is 1.32 bits per heavy atom. The Kier molecular flexibility index (Phi) is 6.29. The molecule has 0 unspecified atom stereocenters. The van der Waals surface area contributed by atoms with Crippen LogP contribution in [0.3, 0.4) is 0 Å². The largest absolute Gasteiger partial charge is 0.481 e. The van der Waals surface area contributed by atoms with Gasteiger partial charge in [0.2, 0.25) is 11.8 Å². The van der Waals surface area contributed by atoms with Gasteiger partial charge in [0.25, 0.3) is 0 Å². The summed E-state index contributed by atoms with van der Waals surface area (Å²) in [6, 6.07) is -2.88. The lowest BCUT2D eigenvalue weighted by atomic mass is 10.1. The first-order valence-electron chi connectivity index (χ1n) is 7.05. The van der Waals surface area contributed by atoms with Crippen LogP contribution in [0, 0.1) is 0 Å². The van der Waals surface area contributed by atoms with Crippen LogP contribution >= 0.6 is 0 Å². The van der Waals surface area contributed by atoms with Crippen LogP contribution in [0.2, 0.25) is 0 Å². The van der Waals surface area contributed by atoms with Crippen molar-refractivity contribution < 1.29 is 29.4 Å². The van der Waals surface area contributed by atoms with Crippen molar-refractivity contribution in [2.45, 2.75) is 50.7 Å². The second kappa shape index (κ2) is 7.74. The lowest BCUT2D eigenvalue weighted by molar-refractivity contribution is -0.149. The van der Waals surface area contributed by atoms with Crippen LogP contribution in [0.15, 0.2) is 0 Å². The number of carbonyl (C=O) groups is 4. The highest BCUT2D eigenvalue weighted by atomic mass is 16.4. The van der Waals surface area contributed by atoms with Gasteiger partial charge in [-0.2, -0.15) is 0 Å². The normalized spacial score (nSPS) is 20.3. The average molecular weight is 315 g/mol. The molecular weight excluding hydrogens is 294 g/mol. The Morgan fingerprint density at radius 3 is 2.45 bits per heavy atom. The number of hydrogen-bond acceptors (Lipinski definition) is 5. The number of carboxylic acids is 2. The fraction of sp³-hybridized carbons (Fsp3) is 0.692. The highest BCUT2D eigenvalue weighted by molar-refractivity contribution is 5.92. The van der Waals surface area contributed by atoms with E-state index in [4.69, 9.17) is 15.9 Å². The molecule has 1 heterocycles. The molecule has 124 valence electrons. The average Bonchev–Trinajstić information content (AvgIpc) is 2.91. The Morgan fingerprint density at radius 2 is 1.95 bits per heavy atom. The van der Waals surface area contributed by atoms with Gasteiger partial charge in [0.1, 0.15) is 12.1 Å². The lowest BCUT2D eigenvalue weighted by Crippen LogP contribution is -2.54. The van der Waals surface area contributed by atoms with Crippen molar-refractivity contribution in [3.8, 4) is 0 Å². The van der Waals surface area contributed by atoms with E-state index < -0.39 is 41.9 Å². The molecule has 0 saturated carbocycles. The number of carboxylic acid groups (broad SMARTS) is 2. The van der Waals surface area contributed by atoms with Gasteiger partial charge in [0.15, 0.2) is 0 Å². The van der Waals surface area contributed by atoms with Gasteiger partial charge in [0, 0.05) is 13.0 Å². The number of nitrogens with two attached hydrogens (primary N) is 1. The maximum absolute atomic E-state index is 12.4. The summed E-state index contributed by atoms with van der Waals surface area (Å²) in [6.45, 7) is 1.71. The van der Waals surface area contributed by atoms with Crippen LogP contribution in [-0.2, 0) is 19.2 Å². The minimum absolute atomic E-state index is 0.116. The van der Waals surface area contributed by atoms with E-state index in [1.807, 2.05) is 0 Å². The molecule has 9 heteroatoms. The van der Waals surface area contributed by atoms with Crippen LogP contribution in [-0.4, -0.2) is 63.5 Å². The van der Waals surface area contributed by atoms with E-state index >= 15 is 0 Å². The molecule has 1 saturated heterocycles. The third-order valence-corrected chi connectivity index (χ3v) is 3.50. The fourth-order valence-electron chi connectivity index (χ4n) is 2.32. The van der Waals surface area contributed by atoms with Crippen LogP contribution in [0.4, 0.5) is 0 Å². The number of amides is 2. The van der Waals surface area contributed by atoms with E-state index in [-0.39, 0.29) is 19.4 Å². The molecule has 1 aliphatic heterocycles. The van der Waals surface area contributed by atoms with Crippen molar-refractivity contribution in [2.75, 3.05) is 6.54 Å². The molecule has 0 aliphatic carbocycles. The molecule has 1 rings (SSSR count). The van der Waals surface area contributed by atoms with Crippen LogP contribution < -0.4 is 11.1 Å². The molecule has 3 atom stereocenters. The van der Waals surface area contributed by atoms with Gasteiger partial charge in [-0.3, -0.25) is 14.4 Å². The smallest absolute Gasteiger partial charge is 0.326 e. The topological polar surface area (TPSA) is 150 Å². The van der Waals surface area contributed by atoms with Crippen molar-refractivity contribution in [3.63, 3.8) is 0 Å². The van der Waals surface area contributed by atoms with Gasteiger partial charge in [-0.05, 0) is 26.2 Å². The van der Waals surface area contributed by atoms with E-state index in [0.29, 0.717) is 12.8 Å². The highest BCUT2D eigenvalue weighted by Gasteiger charge is 2.37. The number of nitrogens with one attached hydrogen (secondary N) is 1. The van der Waals surface area contributed by atoms with Crippen LogP contribution in [0.25, 0.3) is 0 Å². The second-order valence-corrected chi connectivity index (χ2v) is 5.31. The zero-order valence-electron chi connectivity index (χ0n) is 12.3. The Hall–Kier alpha value is -2.16. The van der Waals surface area contributed by atoms with Gasteiger partial charge < -0.3 is 26.2 Å². The molecule has 9 nitrogen and oxygen atoms in total. The molecule has 0 aromatic rings. The molecule has 5 N–H and O–H groups in total. The first kappa shape index (κ1) is 17.9. The molecule has 0 radical (unpaired) electrons. The quantitative estimate of drug-likeness (QED) is 0.459. The summed E-state index contributed by atoms with van der Waals surface area (Å²) < 4.78 is 0. The monoisotopic (exact) mass is 315 g/mol. The second-order valence-electron chi connectivity index (χ2n) is 5.31. The summed E-state index contributed by atoms with van der Waals surface area (Å²) in [5, 5.41) is 20.2. The zero-order chi connectivity index (χ0) is 16.9. The van der Waals surface area contributed by atoms with Gasteiger partial charge >= 0.3 is 11.9 Å². The number of rotatable bonds is 7. The number of aliphatic carboxylic acids is 2. The first-order valence-corrected chi connectivity index (χ1v) is 7.05. The zero-order valence-corrected chi connectivity index (χ0v) is 12.3. The summed E-state index contributed by atoms with van der Waals surface area (Å²) in [7, 11) is 0. The Balaban J connectivity index is 2.83.